The number of anilines is 2. The Bertz CT molecular complexity index is 682. The molecule has 0 saturated heterocycles. The standard InChI is InChI=1S/2C8H9NO3/c2*1-12-7-3-2-5(9)4-6(7)8(10)11/h2*2-4H,9H2,1H3,(H,10,11). The summed E-state index contributed by atoms with van der Waals surface area (Å²) < 4.78 is 9.65. The molecule has 0 aliphatic carbocycles. The summed E-state index contributed by atoms with van der Waals surface area (Å²) in [5.74, 6) is -1.45. The molecule has 0 aliphatic heterocycles. The van der Waals surface area contributed by atoms with Crippen LogP contribution in [0.3, 0.4) is 0 Å². The molecule has 8 heteroatoms. The fourth-order valence-electron chi connectivity index (χ4n) is 1.79. The van der Waals surface area contributed by atoms with Crippen LogP contribution in [0.5, 0.6) is 11.5 Å². The van der Waals surface area contributed by atoms with Crippen molar-refractivity contribution in [1.29, 1.82) is 0 Å². The molecular formula is C16H18N2O6. The van der Waals surface area contributed by atoms with Crippen LogP contribution in [0.2, 0.25) is 0 Å². The highest BCUT2D eigenvalue weighted by molar-refractivity contribution is 5.92. The molecule has 128 valence electrons. The maximum absolute atomic E-state index is 10.6. The van der Waals surface area contributed by atoms with Crippen LogP contribution in [0, 0.1) is 0 Å². The highest BCUT2D eigenvalue weighted by Crippen LogP contribution is 2.21. The first-order valence-corrected chi connectivity index (χ1v) is 6.63. The second-order valence-electron chi connectivity index (χ2n) is 4.53. The number of nitrogens with two attached hydrogens (primary N) is 2. The molecule has 2 aromatic carbocycles. The second kappa shape index (κ2) is 8.28. The summed E-state index contributed by atoms with van der Waals surface area (Å²) in [6.07, 6.45) is 0. The van der Waals surface area contributed by atoms with Crippen LogP contribution in [-0.4, -0.2) is 36.4 Å². The zero-order valence-electron chi connectivity index (χ0n) is 13.1. The quantitative estimate of drug-likeness (QED) is 0.621. The average Bonchev–Trinajstić information content (AvgIpc) is 2.55. The van der Waals surface area contributed by atoms with Crippen molar-refractivity contribution in [3.05, 3.63) is 47.5 Å². The highest BCUT2D eigenvalue weighted by atomic mass is 16.5. The summed E-state index contributed by atoms with van der Waals surface area (Å²) >= 11 is 0. The Morgan fingerprint density at radius 1 is 0.792 bits per heavy atom. The van der Waals surface area contributed by atoms with Crippen LogP contribution in [0.1, 0.15) is 20.7 Å². The van der Waals surface area contributed by atoms with E-state index in [1.165, 1.54) is 38.5 Å². The summed E-state index contributed by atoms with van der Waals surface area (Å²) in [4.78, 5) is 21.2. The van der Waals surface area contributed by atoms with Crippen molar-refractivity contribution < 1.29 is 29.3 Å². The van der Waals surface area contributed by atoms with Crippen molar-refractivity contribution >= 4 is 23.3 Å². The topological polar surface area (TPSA) is 145 Å². The number of carbonyl (C=O) groups is 2. The maximum atomic E-state index is 10.6. The van der Waals surface area contributed by atoms with E-state index in [2.05, 4.69) is 0 Å². The minimum atomic E-state index is -1.04. The lowest BCUT2D eigenvalue weighted by Gasteiger charge is -2.04. The minimum Gasteiger partial charge on any atom is -0.496 e. The Labute approximate surface area is 138 Å². The molecule has 0 unspecified atom stereocenters. The van der Waals surface area contributed by atoms with E-state index in [4.69, 9.17) is 31.2 Å². The Hall–Kier alpha value is -3.42. The van der Waals surface area contributed by atoms with Gasteiger partial charge in [-0.1, -0.05) is 0 Å². The molecule has 24 heavy (non-hydrogen) atoms. The molecule has 0 bridgehead atoms. The van der Waals surface area contributed by atoms with Crippen LogP contribution in [0.15, 0.2) is 36.4 Å². The number of hydrogen-bond donors (Lipinski definition) is 4. The van der Waals surface area contributed by atoms with Gasteiger partial charge in [0.05, 0.1) is 14.2 Å². The SMILES string of the molecule is COc1ccc(N)cc1C(=O)O.COc1ccc(N)cc1C(=O)O. The number of carboxylic acid groups (broad SMARTS) is 2. The monoisotopic (exact) mass is 334 g/mol. The lowest BCUT2D eigenvalue weighted by molar-refractivity contribution is 0.0682. The van der Waals surface area contributed by atoms with E-state index >= 15 is 0 Å². The third-order valence-electron chi connectivity index (χ3n) is 2.91. The third kappa shape index (κ3) is 4.80. The summed E-state index contributed by atoms with van der Waals surface area (Å²) in [6, 6.07) is 8.95. The molecule has 0 atom stereocenters. The molecule has 0 aromatic heterocycles. The number of benzene rings is 2. The van der Waals surface area contributed by atoms with E-state index in [9.17, 15) is 9.59 Å². The van der Waals surface area contributed by atoms with Gasteiger partial charge in [0.15, 0.2) is 0 Å². The summed E-state index contributed by atoms with van der Waals surface area (Å²) in [5, 5.41) is 17.4. The van der Waals surface area contributed by atoms with Crippen molar-refractivity contribution in [1.82, 2.24) is 0 Å². The van der Waals surface area contributed by atoms with Crippen molar-refractivity contribution in [2.24, 2.45) is 0 Å². The largest absolute Gasteiger partial charge is 0.496 e. The number of ether oxygens (including phenoxy) is 2. The first-order valence-electron chi connectivity index (χ1n) is 6.63. The molecule has 0 saturated carbocycles. The first-order chi connectivity index (χ1) is 11.3. The summed E-state index contributed by atoms with van der Waals surface area (Å²) in [6.45, 7) is 0. The number of hydrogen-bond acceptors (Lipinski definition) is 6. The Kier molecular flexibility index (Phi) is 6.42. The van der Waals surface area contributed by atoms with Crippen LogP contribution < -0.4 is 20.9 Å². The van der Waals surface area contributed by atoms with E-state index < -0.39 is 11.9 Å². The molecule has 0 aliphatic rings. The molecule has 0 heterocycles. The van der Waals surface area contributed by atoms with E-state index in [0.717, 1.165) is 0 Å². The van der Waals surface area contributed by atoms with Gasteiger partial charge in [-0.05, 0) is 36.4 Å². The van der Waals surface area contributed by atoms with E-state index in [0.29, 0.717) is 22.9 Å². The molecule has 0 fully saturated rings. The van der Waals surface area contributed by atoms with Gasteiger partial charge in [0.25, 0.3) is 0 Å². The first kappa shape index (κ1) is 18.6. The molecule has 6 N–H and O–H groups in total. The van der Waals surface area contributed by atoms with Crippen molar-refractivity contribution in [3.63, 3.8) is 0 Å². The van der Waals surface area contributed by atoms with Crippen LogP contribution in [0.4, 0.5) is 11.4 Å². The van der Waals surface area contributed by atoms with Crippen LogP contribution >= 0.6 is 0 Å². The molecule has 8 nitrogen and oxygen atoms in total. The molecule has 2 rings (SSSR count). The normalized spacial score (nSPS) is 9.42. The van der Waals surface area contributed by atoms with E-state index in [1.54, 1.807) is 12.1 Å². The number of rotatable bonds is 4. The molecule has 0 spiro atoms. The zero-order chi connectivity index (χ0) is 18.3. The number of aromatic carboxylic acids is 2. The fraction of sp³-hybridized carbons (Fsp3) is 0.125. The van der Waals surface area contributed by atoms with Crippen molar-refractivity contribution in [2.75, 3.05) is 25.7 Å². The predicted octanol–water partition coefficient (Wildman–Crippen LogP) is 1.95. The van der Waals surface area contributed by atoms with Gasteiger partial charge in [-0.2, -0.15) is 0 Å². The summed E-state index contributed by atoms with van der Waals surface area (Å²) in [5.41, 5.74) is 11.8. The third-order valence-corrected chi connectivity index (χ3v) is 2.91. The predicted molar refractivity (Wildman–Crippen MR) is 88.7 cm³/mol. The molecule has 2 aromatic rings. The number of nitrogen functional groups attached to an aromatic ring is 2. The lowest BCUT2D eigenvalue weighted by atomic mass is 10.2. The fourth-order valence-corrected chi connectivity index (χ4v) is 1.79. The molecule has 0 radical (unpaired) electrons. The smallest absolute Gasteiger partial charge is 0.339 e. The zero-order valence-corrected chi connectivity index (χ0v) is 13.1. The van der Waals surface area contributed by atoms with Crippen molar-refractivity contribution in [3.8, 4) is 11.5 Å². The number of methoxy groups -OCH3 is 2. The van der Waals surface area contributed by atoms with Crippen LogP contribution in [-0.2, 0) is 0 Å². The Morgan fingerprint density at radius 2 is 1.12 bits per heavy atom. The van der Waals surface area contributed by atoms with Crippen LogP contribution in [0.25, 0.3) is 0 Å². The van der Waals surface area contributed by atoms with Gasteiger partial charge in [-0.3, -0.25) is 0 Å². The van der Waals surface area contributed by atoms with Gasteiger partial charge in [0.2, 0.25) is 0 Å². The van der Waals surface area contributed by atoms with E-state index in [1.807, 2.05) is 0 Å². The Morgan fingerprint density at radius 3 is 1.38 bits per heavy atom. The molecular weight excluding hydrogens is 316 g/mol. The minimum absolute atomic E-state index is 0.0810. The lowest BCUT2D eigenvalue weighted by Crippen LogP contribution is -2.01. The van der Waals surface area contributed by atoms with Gasteiger partial charge in [-0.15, -0.1) is 0 Å². The highest BCUT2D eigenvalue weighted by Gasteiger charge is 2.10. The second-order valence-corrected chi connectivity index (χ2v) is 4.53. The number of carboxylic acids is 2. The maximum Gasteiger partial charge on any atom is 0.339 e. The van der Waals surface area contributed by atoms with E-state index in [-0.39, 0.29) is 11.1 Å². The van der Waals surface area contributed by atoms with Gasteiger partial charge >= 0.3 is 11.9 Å². The summed E-state index contributed by atoms with van der Waals surface area (Å²) in [7, 11) is 2.83. The Balaban J connectivity index is 0.000000240. The average molecular weight is 334 g/mol. The molecule has 0 amide bonds. The van der Waals surface area contributed by atoms with Gasteiger partial charge in [0, 0.05) is 11.4 Å². The van der Waals surface area contributed by atoms with Gasteiger partial charge in [0.1, 0.15) is 22.6 Å². The van der Waals surface area contributed by atoms with Gasteiger partial charge < -0.3 is 31.2 Å². The van der Waals surface area contributed by atoms with Crippen molar-refractivity contribution in [2.45, 2.75) is 0 Å². The van der Waals surface area contributed by atoms with Gasteiger partial charge in [-0.25, -0.2) is 9.59 Å².